The molecule has 8 nitrogen and oxygen atoms in total. The Morgan fingerprint density at radius 1 is 1.19 bits per heavy atom. The van der Waals surface area contributed by atoms with Crippen LogP contribution in [-0.4, -0.2) is 42.8 Å². The fourth-order valence-corrected chi connectivity index (χ4v) is 3.60. The van der Waals surface area contributed by atoms with Crippen molar-refractivity contribution in [2.45, 2.75) is 13.0 Å². The summed E-state index contributed by atoms with van der Waals surface area (Å²) in [5.74, 6) is -0.176. The minimum absolute atomic E-state index is 0.0761. The molecule has 1 heterocycles. The van der Waals surface area contributed by atoms with E-state index in [1.807, 2.05) is 24.0 Å². The number of carbonyl (C=O) groups excluding carboxylic acids is 1. The number of para-hydroxylation sites is 1. The first-order valence-corrected chi connectivity index (χ1v) is 9.88. The Morgan fingerprint density at radius 2 is 1.94 bits per heavy atom. The summed E-state index contributed by atoms with van der Waals surface area (Å²) in [7, 11) is 1.36. The van der Waals surface area contributed by atoms with Crippen molar-refractivity contribution in [3.8, 4) is 5.75 Å². The van der Waals surface area contributed by atoms with Gasteiger partial charge in [-0.2, -0.15) is 0 Å². The lowest BCUT2D eigenvalue weighted by molar-refractivity contribution is -0.0172. The third kappa shape index (κ3) is 4.92. The molecular formula is C23H28N4O4. The molecule has 31 heavy (non-hydrogen) atoms. The van der Waals surface area contributed by atoms with Gasteiger partial charge in [0.05, 0.1) is 25.0 Å². The van der Waals surface area contributed by atoms with Gasteiger partial charge >= 0.3 is 5.97 Å². The number of benzene rings is 2. The maximum Gasteiger partial charge on any atom is 0.338 e. The van der Waals surface area contributed by atoms with E-state index in [0.717, 1.165) is 11.1 Å². The summed E-state index contributed by atoms with van der Waals surface area (Å²) in [6, 6.07) is 12.3. The maximum absolute atomic E-state index is 11.9. The molecule has 1 atom stereocenters. The largest absolute Gasteiger partial charge is 0.507 e. The van der Waals surface area contributed by atoms with E-state index in [4.69, 9.17) is 26.7 Å². The number of nitrogens with two attached hydrogens (primary N) is 3. The van der Waals surface area contributed by atoms with Gasteiger partial charge in [-0.25, -0.2) is 4.79 Å². The molecule has 1 aliphatic heterocycles. The molecule has 0 radical (unpaired) electrons. The van der Waals surface area contributed by atoms with E-state index in [-0.39, 0.29) is 23.6 Å². The van der Waals surface area contributed by atoms with Gasteiger partial charge in [0.1, 0.15) is 17.7 Å². The number of rotatable bonds is 5. The van der Waals surface area contributed by atoms with E-state index >= 15 is 0 Å². The summed E-state index contributed by atoms with van der Waals surface area (Å²) < 4.78 is 10.8. The Hall–Kier alpha value is -3.65. The van der Waals surface area contributed by atoms with Crippen LogP contribution in [0.25, 0.3) is 5.70 Å². The molecule has 0 aliphatic carbocycles. The first-order valence-electron chi connectivity index (χ1n) is 9.88. The molecular weight excluding hydrogens is 396 g/mol. The standard InChI is InChI=1S/C23H28N4O4/c1-14-11-15(7-8-16(14)23(29)30-2)21-13-27(9-10-31-21)19(22(25)26)12-18(24)17-5-3-4-6-20(17)28/h3-8,11-12,21,28H,9-10,13,24-26H2,1-2H3/b18-12-. The van der Waals surface area contributed by atoms with Gasteiger partial charge in [-0.1, -0.05) is 24.3 Å². The Labute approximate surface area is 181 Å². The Balaban J connectivity index is 1.85. The van der Waals surface area contributed by atoms with Crippen LogP contribution in [0.2, 0.25) is 0 Å². The van der Waals surface area contributed by atoms with Crippen LogP contribution in [-0.2, 0) is 9.47 Å². The summed E-state index contributed by atoms with van der Waals surface area (Å²) in [6.07, 6.45) is 1.42. The number of hydrogen-bond donors (Lipinski definition) is 4. The lowest BCUT2D eigenvalue weighted by Crippen LogP contribution is -2.39. The zero-order valence-electron chi connectivity index (χ0n) is 17.7. The van der Waals surface area contributed by atoms with Gasteiger partial charge in [-0.05, 0) is 42.3 Å². The number of morpholine rings is 1. The van der Waals surface area contributed by atoms with Crippen LogP contribution in [0.3, 0.4) is 0 Å². The fourth-order valence-electron chi connectivity index (χ4n) is 3.60. The number of methoxy groups -OCH3 is 1. The number of esters is 1. The van der Waals surface area contributed by atoms with Crippen LogP contribution < -0.4 is 17.2 Å². The van der Waals surface area contributed by atoms with Gasteiger partial charge in [0.2, 0.25) is 0 Å². The molecule has 3 rings (SSSR count). The molecule has 0 saturated carbocycles. The van der Waals surface area contributed by atoms with Gasteiger partial charge in [-0.15, -0.1) is 0 Å². The minimum Gasteiger partial charge on any atom is -0.507 e. The first kappa shape index (κ1) is 22.0. The quantitative estimate of drug-likeness (QED) is 0.422. The molecule has 0 amide bonds. The van der Waals surface area contributed by atoms with Crippen molar-refractivity contribution in [3.63, 3.8) is 0 Å². The average Bonchev–Trinajstić information content (AvgIpc) is 2.77. The van der Waals surface area contributed by atoms with E-state index in [1.165, 1.54) is 7.11 Å². The number of phenols is 1. The molecule has 164 valence electrons. The summed E-state index contributed by atoms with van der Waals surface area (Å²) in [5.41, 5.74) is 21.8. The summed E-state index contributed by atoms with van der Waals surface area (Å²) >= 11 is 0. The van der Waals surface area contributed by atoms with Crippen LogP contribution in [0, 0.1) is 6.92 Å². The van der Waals surface area contributed by atoms with E-state index in [0.29, 0.717) is 42.2 Å². The summed E-state index contributed by atoms with van der Waals surface area (Å²) in [6.45, 7) is 3.39. The van der Waals surface area contributed by atoms with Crippen molar-refractivity contribution in [2.24, 2.45) is 17.2 Å². The summed E-state index contributed by atoms with van der Waals surface area (Å²) in [4.78, 5) is 13.8. The molecule has 1 fully saturated rings. The van der Waals surface area contributed by atoms with Crippen LogP contribution in [0.15, 0.2) is 60.1 Å². The van der Waals surface area contributed by atoms with Gasteiger partial charge < -0.3 is 36.7 Å². The second-order valence-corrected chi connectivity index (χ2v) is 7.33. The van der Waals surface area contributed by atoms with Gasteiger partial charge in [0.15, 0.2) is 0 Å². The van der Waals surface area contributed by atoms with Crippen molar-refractivity contribution >= 4 is 11.7 Å². The Bertz CT molecular complexity index is 1030. The minimum atomic E-state index is -0.374. The predicted molar refractivity (Wildman–Crippen MR) is 118 cm³/mol. The molecule has 0 bridgehead atoms. The first-order chi connectivity index (χ1) is 14.8. The van der Waals surface area contributed by atoms with Crippen LogP contribution in [0.1, 0.15) is 33.2 Å². The molecule has 2 aromatic rings. The monoisotopic (exact) mass is 424 g/mol. The third-order valence-electron chi connectivity index (χ3n) is 5.24. The smallest absolute Gasteiger partial charge is 0.338 e. The lowest BCUT2D eigenvalue weighted by atomic mass is 10.0. The highest BCUT2D eigenvalue weighted by Crippen LogP contribution is 2.28. The molecule has 8 heteroatoms. The number of carbonyl (C=O) groups is 1. The number of ether oxygens (including phenoxy) is 2. The zero-order valence-corrected chi connectivity index (χ0v) is 17.7. The Morgan fingerprint density at radius 3 is 2.58 bits per heavy atom. The molecule has 2 aromatic carbocycles. The number of nitrogens with zero attached hydrogens (tertiary/aromatic N) is 1. The highest BCUT2D eigenvalue weighted by atomic mass is 16.5. The number of aromatic hydroxyl groups is 1. The summed E-state index contributed by atoms with van der Waals surface area (Å²) in [5, 5.41) is 10.1. The van der Waals surface area contributed by atoms with Gasteiger partial charge in [-0.3, -0.25) is 0 Å². The highest BCUT2D eigenvalue weighted by molar-refractivity contribution is 5.91. The molecule has 1 aliphatic rings. The van der Waals surface area contributed by atoms with Crippen molar-refractivity contribution in [1.29, 1.82) is 0 Å². The maximum atomic E-state index is 11.9. The van der Waals surface area contributed by atoms with Crippen molar-refractivity contribution in [3.05, 3.63) is 82.3 Å². The molecule has 7 N–H and O–H groups in total. The average molecular weight is 425 g/mol. The normalized spacial score (nSPS) is 16.6. The van der Waals surface area contributed by atoms with Gasteiger partial charge in [0.25, 0.3) is 0 Å². The van der Waals surface area contributed by atoms with Crippen molar-refractivity contribution in [1.82, 2.24) is 4.90 Å². The lowest BCUT2D eigenvalue weighted by Gasteiger charge is -2.36. The van der Waals surface area contributed by atoms with Crippen molar-refractivity contribution in [2.75, 3.05) is 26.8 Å². The third-order valence-corrected chi connectivity index (χ3v) is 5.24. The predicted octanol–water partition coefficient (Wildman–Crippen LogP) is 1.95. The van der Waals surface area contributed by atoms with E-state index in [9.17, 15) is 9.90 Å². The van der Waals surface area contributed by atoms with Crippen LogP contribution >= 0.6 is 0 Å². The SMILES string of the molecule is COC(=O)c1ccc(C2CN(C(/C=C(\N)c3ccccc3O)=C(N)N)CCO2)cc1C. The molecule has 0 aromatic heterocycles. The fraction of sp³-hybridized carbons (Fsp3) is 0.261. The van der Waals surface area contributed by atoms with Crippen LogP contribution in [0.4, 0.5) is 0 Å². The highest BCUT2D eigenvalue weighted by Gasteiger charge is 2.25. The van der Waals surface area contributed by atoms with Gasteiger partial charge in [0, 0.05) is 24.4 Å². The number of hydrogen-bond acceptors (Lipinski definition) is 8. The molecule has 0 spiro atoms. The number of allylic oxidation sites excluding steroid dienone is 1. The van der Waals surface area contributed by atoms with Crippen LogP contribution in [0.5, 0.6) is 5.75 Å². The Kier molecular flexibility index (Phi) is 6.71. The number of aryl methyl sites for hydroxylation is 1. The topological polar surface area (TPSA) is 137 Å². The van der Waals surface area contributed by atoms with E-state index in [2.05, 4.69) is 0 Å². The van der Waals surface area contributed by atoms with E-state index in [1.54, 1.807) is 36.4 Å². The molecule has 1 saturated heterocycles. The second kappa shape index (κ2) is 9.44. The zero-order chi connectivity index (χ0) is 22.5. The second-order valence-electron chi connectivity index (χ2n) is 7.33. The molecule has 1 unspecified atom stereocenters. The van der Waals surface area contributed by atoms with Crippen molar-refractivity contribution < 1.29 is 19.4 Å². The van der Waals surface area contributed by atoms with E-state index < -0.39 is 0 Å². The number of phenolic OH excluding ortho intramolecular Hbond substituents is 1.